The maximum Gasteiger partial charge on any atom is 0.163 e. The Bertz CT molecular complexity index is 1130. The molecule has 2 aromatic carbocycles. The van der Waals surface area contributed by atoms with E-state index in [4.69, 9.17) is 0 Å². The highest BCUT2D eigenvalue weighted by Gasteiger charge is 2.45. The summed E-state index contributed by atoms with van der Waals surface area (Å²) in [5, 5.41) is 0. The van der Waals surface area contributed by atoms with Gasteiger partial charge in [-0.3, -0.25) is 9.78 Å². The van der Waals surface area contributed by atoms with E-state index in [1.807, 2.05) is 63.4 Å². The van der Waals surface area contributed by atoms with Crippen LogP contribution in [0.2, 0.25) is 0 Å². The van der Waals surface area contributed by atoms with Crippen LogP contribution in [0.4, 0.5) is 10.1 Å². The van der Waals surface area contributed by atoms with Crippen LogP contribution in [-0.2, 0) is 6.42 Å². The van der Waals surface area contributed by atoms with Gasteiger partial charge in [0.1, 0.15) is 5.82 Å². The molecule has 0 amide bonds. The molecular weight excluding hydrogens is 399 g/mol. The summed E-state index contributed by atoms with van der Waals surface area (Å²) >= 11 is 0. The van der Waals surface area contributed by atoms with E-state index < -0.39 is 0 Å². The van der Waals surface area contributed by atoms with Crippen molar-refractivity contribution in [2.24, 2.45) is 0 Å². The van der Waals surface area contributed by atoms with Crippen LogP contribution in [0.3, 0.4) is 0 Å². The molecule has 1 saturated carbocycles. The lowest BCUT2D eigenvalue weighted by molar-refractivity contribution is 0.0983. The van der Waals surface area contributed by atoms with Crippen molar-refractivity contribution in [1.29, 1.82) is 0 Å². The highest BCUT2D eigenvalue weighted by atomic mass is 19.1. The molecule has 0 unspecified atom stereocenters. The molecule has 1 aliphatic rings. The van der Waals surface area contributed by atoms with E-state index in [0.717, 1.165) is 47.3 Å². The molecule has 3 nitrogen and oxygen atoms in total. The molecular formula is C28H31FN2O. The van der Waals surface area contributed by atoms with Crippen molar-refractivity contribution in [2.75, 3.05) is 11.9 Å². The van der Waals surface area contributed by atoms with E-state index in [-0.39, 0.29) is 17.1 Å². The van der Waals surface area contributed by atoms with Gasteiger partial charge in [-0.1, -0.05) is 43.3 Å². The number of nitrogens with zero attached hydrogens (tertiary/aromatic N) is 2. The van der Waals surface area contributed by atoms with Gasteiger partial charge in [-0.2, -0.15) is 0 Å². The molecule has 4 rings (SSSR count). The van der Waals surface area contributed by atoms with Gasteiger partial charge >= 0.3 is 0 Å². The molecule has 0 bridgehead atoms. The average molecular weight is 431 g/mol. The number of rotatable bonds is 8. The second-order valence-electron chi connectivity index (χ2n) is 9.00. The van der Waals surface area contributed by atoms with Gasteiger partial charge in [-0.05, 0) is 74.4 Å². The normalized spacial score (nSPS) is 14.3. The van der Waals surface area contributed by atoms with Gasteiger partial charge in [0.2, 0.25) is 0 Å². The Morgan fingerprint density at radius 3 is 2.31 bits per heavy atom. The van der Waals surface area contributed by atoms with Crippen molar-refractivity contribution < 1.29 is 9.18 Å². The van der Waals surface area contributed by atoms with Gasteiger partial charge in [0.05, 0.1) is 5.69 Å². The largest absolute Gasteiger partial charge is 0.367 e. The molecule has 0 atom stereocenters. The summed E-state index contributed by atoms with van der Waals surface area (Å²) in [7, 11) is 1.99. The first kappa shape index (κ1) is 22.2. The molecule has 32 heavy (non-hydrogen) atoms. The molecule has 1 fully saturated rings. The van der Waals surface area contributed by atoms with E-state index >= 15 is 0 Å². The number of ketones is 1. The second kappa shape index (κ2) is 8.85. The predicted molar refractivity (Wildman–Crippen MR) is 129 cm³/mol. The lowest BCUT2D eigenvalue weighted by Crippen LogP contribution is -2.33. The van der Waals surface area contributed by atoms with E-state index in [9.17, 15) is 9.18 Å². The first-order valence-corrected chi connectivity index (χ1v) is 11.4. The minimum atomic E-state index is -0.202. The summed E-state index contributed by atoms with van der Waals surface area (Å²) in [6.45, 7) is 6.11. The molecule has 0 spiro atoms. The first-order valence-electron chi connectivity index (χ1n) is 11.4. The lowest BCUT2D eigenvalue weighted by Gasteiger charge is -2.29. The van der Waals surface area contributed by atoms with Crippen LogP contribution in [0.5, 0.6) is 0 Å². The maximum absolute atomic E-state index is 14.9. The number of hydrogen-bond donors (Lipinski definition) is 0. The quantitative estimate of drug-likeness (QED) is 0.373. The Morgan fingerprint density at radius 2 is 1.72 bits per heavy atom. The van der Waals surface area contributed by atoms with Crippen molar-refractivity contribution in [1.82, 2.24) is 4.98 Å². The van der Waals surface area contributed by atoms with Crippen LogP contribution in [0.25, 0.3) is 11.1 Å². The molecule has 1 aromatic heterocycles. The minimum Gasteiger partial charge on any atom is -0.367 e. The number of carbonyl (C=O) groups excluding carboxylic acids is 1. The Morgan fingerprint density at radius 1 is 1.03 bits per heavy atom. The summed E-state index contributed by atoms with van der Waals surface area (Å²) in [4.78, 5) is 19.2. The third-order valence-electron chi connectivity index (χ3n) is 7.00. The monoisotopic (exact) mass is 430 g/mol. The van der Waals surface area contributed by atoms with Gasteiger partial charge in [-0.15, -0.1) is 0 Å². The zero-order chi connectivity index (χ0) is 22.9. The van der Waals surface area contributed by atoms with E-state index in [1.54, 1.807) is 6.07 Å². The second-order valence-corrected chi connectivity index (χ2v) is 9.00. The van der Waals surface area contributed by atoms with Gasteiger partial charge in [0, 0.05) is 36.0 Å². The van der Waals surface area contributed by atoms with E-state index in [0.29, 0.717) is 24.1 Å². The number of anilines is 1. The van der Waals surface area contributed by atoms with Crippen molar-refractivity contribution in [3.8, 4) is 11.1 Å². The fourth-order valence-corrected chi connectivity index (χ4v) is 4.51. The smallest absolute Gasteiger partial charge is 0.163 e. The highest BCUT2D eigenvalue weighted by Crippen LogP contribution is 2.46. The molecule has 4 heteroatoms. The maximum atomic E-state index is 14.9. The number of pyridine rings is 1. The topological polar surface area (TPSA) is 33.2 Å². The molecule has 166 valence electrons. The van der Waals surface area contributed by atoms with Crippen molar-refractivity contribution >= 4 is 11.5 Å². The number of benzene rings is 2. The number of carbonyl (C=O) groups is 1. The van der Waals surface area contributed by atoms with Crippen molar-refractivity contribution in [2.45, 2.75) is 58.4 Å². The highest BCUT2D eigenvalue weighted by molar-refractivity contribution is 5.96. The Kier molecular flexibility index (Phi) is 6.14. The third kappa shape index (κ3) is 4.45. The summed E-state index contributed by atoms with van der Waals surface area (Å²) in [6.07, 6.45) is 4.40. The Balaban J connectivity index is 1.44. The van der Waals surface area contributed by atoms with Gasteiger partial charge in [-0.25, -0.2) is 4.39 Å². The molecule has 1 heterocycles. The summed E-state index contributed by atoms with van der Waals surface area (Å²) in [5.41, 5.74) is 6.26. The fraction of sp³-hybridized carbons (Fsp3) is 0.357. The lowest BCUT2D eigenvalue weighted by atomic mass is 9.98. The molecule has 0 saturated heterocycles. The Labute approximate surface area is 190 Å². The van der Waals surface area contributed by atoms with Gasteiger partial charge < -0.3 is 4.90 Å². The first-order chi connectivity index (χ1) is 15.3. The number of hydrogen-bond acceptors (Lipinski definition) is 3. The van der Waals surface area contributed by atoms with Crippen LogP contribution in [0.15, 0.2) is 54.6 Å². The average Bonchev–Trinajstić information content (AvgIpc) is 3.59. The summed E-state index contributed by atoms with van der Waals surface area (Å²) < 4.78 is 14.9. The molecule has 0 radical (unpaired) electrons. The zero-order valence-corrected chi connectivity index (χ0v) is 19.4. The predicted octanol–water partition coefficient (Wildman–Crippen LogP) is 6.70. The van der Waals surface area contributed by atoms with Gasteiger partial charge in [0.15, 0.2) is 5.78 Å². The van der Waals surface area contributed by atoms with Crippen LogP contribution < -0.4 is 4.90 Å². The number of aromatic nitrogens is 1. The fourth-order valence-electron chi connectivity index (χ4n) is 4.51. The Hall–Kier alpha value is -3.01. The number of halogens is 1. The molecule has 0 N–H and O–H groups in total. The molecule has 3 aromatic rings. The van der Waals surface area contributed by atoms with Crippen LogP contribution in [-0.4, -0.2) is 23.4 Å². The minimum absolute atomic E-state index is 0.106. The van der Waals surface area contributed by atoms with Crippen LogP contribution in [0, 0.1) is 19.7 Å². The van der Waals surface area contributed by atoms with Crippen molar-refractivity contribution in [3.05, 3.63) is 82.9 Å². The van der Waals surface area contributed by atoms with Crippen molar-refractivity contribution in [3.63, 3.8) is 0 Å². The van der Waals surface area contributed by atoms with E-state index in [2.05, 4.69) is 22.9 Å². The number of Topliss-reactive ketones (excluding diaryl/α,β-unsaturated/α-hetero) is 1. The summed E-state index contributed by atoms with van der Waals surface area (Å²) in [5.74, 6) is -0.0964. The number of aryl methyl sites for hydroxylation is 3. The van der Waals surface area contributed by atoms with E-state index in [1.165, 1.54) is 0 Å². The molecule has 0 aliphatic heterocycles. The van der Waals surface area contributed by atoms with Crippen LogP contribution >= 0.6 is 0 Å². The summed E-state index contributed by atoms with van der Waals surface area (Å²) in [6, 6.07) is 16.9. The van der Waals surface area contributed by atoms with Crippen LogP contribution in [0.1, 0.15) is 59.9 Å². The van der Waals surface area contributed by atoms with Gasteiger partial charge in [0.25, 0.3) is 0 Å². The molecule has 1 aliphatic carbocycles. The zero-order valence-electron chi connectivity index (χ0n) is 19.4. The third-order valence-corrected chi connectivity index (χ3v) is 7.00. The SMILES string of the molecule is CCC1(N(C)c2ccc(-c3ccc(C(=O)CCc4ccc(C)nc4C)cc3)cc2F)CC1. The standard InChI is InChI=1S/C28H31FN2O/c1-5-28(16-17-28)31(4)26-14-12-24(18-25(26)29)22-8-10-23(11-9-22)27(32)15-13-21-7-6-19(2)30-20(21)3/h6-12,14,18H,5,13,15-17H2,1-4H3.